The van der Waals surface area contributed by atoms with Crippen LogP contribution in [-0.4, -0.2) is 35.8 Å². The first-order valence-corrected chi connectivity index (χ1v) is 7.94. The second kappa shape index (κ2) is 7.61. The Labute approximate surface area is 131 Å². The zero-order valence-corrected chi connectivity index (χ0v) is 13.2. The second-order valence-electron chi connectivity index (χ2n) is 6.17. The van der Waals surface area contributed by atoms with Crippen molar-refractivity contribution < 1.29 is 14.6 Å². The van der Waals surface area contributed by atoms with Gasteiger partial charge >= 0.3 is 0 Å². The van der Waals surface area contributed by atoms with E-state index in [9.17, 15) is 9.90 Å². The van der Waals surface area contributed by atoms with Gasteiger partial charge < -0.3 is 20.9 Å². The first-order valence-electron chi connectivity index (χ1n) is 7.94. The minimum atomic E-state index is -0.681. The van der Waals surface area contributed by atoms with Gasteiger partial charge in [0.1, 0.15) is 18.5 Å². The summed E-state index contributed by atoms with van der Waals surface area (Å²) in [4.78, 5) is 11.7. The summed E-state index contributed by atoms with van der Waals surface area (Å²) in [5.74, 6) is 0.408. The maximum Gasteiger partial charge on any atom is 0.237 e. The molecule has 0 radical (unpaired) electrons. The highest BCUT2D eigenvalue weighted by molar-refractivity contribution is 5.84. The van der Waals surface area contributed by atoms with Gasteiger partial charge in [-0.1, -0.05) is 37.0 Å². The first kappa shape index (κ1) is 16.8. The van der Waals surface area contributed by atoms with Crippen LogP contribution in [0, 0.1) is 6.92 Å². The van der Waals surface area contributed by atoms with Crippen LogP contribution in [0.25, 0.3) is 0 Å². The second-order valence-corrected chi connectivity index (χ2v) is 6.17. The molecule has 122 valence electrons. The molecule has 1 fully saturated rings. The number of amides is 1. The third-order valence-corrected chi connectivity index (χ3v) is 4.32. The van der Waals surface area contributed by atoms with Crippen molar-refractivity contribution >= 4 is 5.91 Å². The summed E-state index contributed by atoms with van der Waals surface area (Å²) in [6, 6.07) is 7.68. The molecule has 1 aliphatic rings. The van der Waals surface area contributed by atoms with Crippen LogP contribution in [-0.2, 0) is 4.79 Å². The molecule has 5 heteroatoms. The minimum absolute atomic E-state index is 0.185. The molecule has 0 spiro atoms. The molecule has 1 aliphatic carbocycles. The van der Waals surface area contributed by atoms with Crippen molar-refractivity contribution in [3.05, 3.63) is 29.8 Å². The van der Waals surface area contributed by atoms with Crippen molar-refractivity contribution in [2.24, 2.45) is 5.73 Å². The number of benzene rings is 1. The van der Waals surface area contributed by atoms with Crippen LogP contribution in [0.4, 0.5) is 0 Å². The van der Waals surface area contributed by atoms with E-state index < -0.39 is 11.6 Å². The van der Waals surface area contributed by atoms with E-state index in [1.165, 1.54) is 0 Å². The predicted octanol–water partition coefficient (Wildman–Crippen LogP) is 1.51. The number of aliphatic hydroxyl groups excluding tert-OH is 1. The van der Waals surface area contributed by atoms with Gasteiger partial charge in [-0.2, -0.15) is 0 Å². The fourth-order valence-electron chi connectivity index (χ4n) is 2.86. The molecule has 0 aromatic heterocycles. The Bertz CT molecular complexity index is 481. The van der Waals surface area contributed by atoms with Crippen LogP contribution >= 0.6 is 0 Å². The summed E-state index contributed by atoms with van der Waals surface area (Å²) in [6.45, 7) is 2.50. The van der Waals surface area contributed by atoms with Crippen molar-refractivity contribution in [1.29, 1.82) is 0 Å². The highest BCUT2D eigenvalue weighted by atomic mass is 16.5. The lowest BCUT2D eigenvalue weighted by Gasteiger charge is -2.35. The van der Waals surface area contributed by atoms with Crippen LogP contribution in [0.15, 0.2) is 24.3 Å². The Hall–Kier alpha value is -1.59. The van der Waals surface area contributed by atoms with Gasteiger partial charge in [0.05, 0.1) is 5.54 Å². The molecule has 0 saturated heterocycles. The molecule has 1 unspecified atom stereocenters. The van der Waals surface area contributed by atoms with E-state index in [4.69, 9.17) is 10.5 Å². The quantitative estimate of drug-likeness (QED) is 0.713. The number of carbonyl (C=O) groups is 1. The van der Waals surface area contributed by atoms with Gasteiger partial charge in [0.2, 0.25) is 5.91 Å². The Kier molecular flexibility index (Phi) is 5.80. The molecule has 5 nitrogen and oxygen atoms in total. The van der Waals surface area contributed by atoms with Crippen molar-refractivity contribution in [2.45, 2.75) is 50.7 Å². The van der Waals surface area contributed by atoms with E-state index in [1.807, 2.05) is 31.2 Å². The van der Waals surface area contributed by atoms with Crippen molar-refractivity contribution in [3.63, 3.8) is 0 Å². The normalized spacial score (nSPS) is 18.6. The molecule has 1 saturated carbocycles. The zero-order valence-electron chi connectivity index (χ0n) is 13.2. The van der Waals surface area contributed by atoms with E-state index in [1.54, 1.807) is 0 Å². The Morgan fingerprint density at radius 1 is 1.32 bits per heavy atom. The number of nitrogens with one attached hydrogen (secondary N) is 1. The van der Waals surface area contributed by atoms with Crippen molar-refractivity contribution in [1.82, 2.24) is 5.32 Å². The highest BCUT2D eigenvalue weighted by Crippen LogP contribution is 2.27. The maximum absolute atomic E-state index is 11.7. The SMILES string of the molecule is Cc1ccc(OCC(O)CNC2(C(N)=O)CCCCC2)cc1. The van der Waals surface area contributed by atoms with Crippen LogP contribution < -0.4 is 15.8 Å². The van der Waals surface area contributed by atoms with Crippen molar-refractivity contribution in [2.75, 3.05) is 13.2 Å². The van der Waals surface area contributed by atoms with E-state index >= 15 is 0 Å². The molecule has 0 aliphatic heterocycles. The van der Waals surface area contributed by atoms with Crippen LogP contribution in [0.1, 0.15) is 37.7 Å². The van der Waals surface area contributed by atoms with Gasteiger partial charge in [-0.05, 0) is 31.9 Å². The molecular weight excluding hydrogens is 280 g/mol. The number of carbonyl (C=O) groups excluding carboxylic acids is 1. The minimum Gasteiger partial charge on any atom is -0.491 e. The van der Waals surface area contributed by atoms with Crippen LogP contribution in [0.3, 0.4) is 0 Å². The maximum atomic E-state index is 11.7. The molecule has 1 atom stereocenters. The van der Waals surface area contributed by atoms with Crippen molar-refractivity contribution in [3.8, 4) is 5.75 Å². The lowest BCUT2D eigenvalue weighted by atomic mass is 9.81. The van der Waals surface area contributed by atoms with E-state index in [0.29, 0.717) is 6.54 Å². The predicted molar refractivity (Wildman–Crippen MR) is 85.7 cm³/mol. The molecule has 0 bridgehead atoms. The van der Waals surface area contributed by atoms with Gasteiger partial charge in [0.15, 0.2) is 0 Å². The number of aryl methyl sites for hydroxylation is 1. The molecule has 22 heavy (non-hydrogen) atoms. The fraction of sp³-hybridized carbons (Fsp3) is 0.588. The number of nitrogens with two attached hydrogens (primary N) is 1. The van der Waals surface area contributed by atoms with E-state index in [0.717, 1.165) is 43.4 Å². The first-order chi connectivity index (χ1) is 10.5. The number of hydrogen-bond donors (Lipinski definition) is 3. The van der Waals surface area contributed by atoms with Gasteiger partial charge in [0.25, 0.3) is 0 Å². The lowest BCUT2D eigenvalue weighted by Crippen LogP contribution is -2.58. The molecule has 1 aromatic carbocycles. The molecule has 0 heterocycles. The Morgan fingerprint density at radius 2 is 1.95 bits per heavy atom. The van der Waals surface area contributed by atoms with Gasteiger partial charge in [-0.15, -0.1) is 0 Å². The van der Waals surface area contributed by atoms with Gasteiger partial charge in [0, 0.05) is 6.54 Å². The number of hydrogen-bond acceptors (Lipinski definition) is 4. The van der Waals surface area contributed by atoms with Gasteiger partial charge in [-0.25, -0.2) is 0 Å². The summed E-state index contributed by atoms with van der Waals surface area (Å²) in [5.41, 5.74) is 6.05. The summed E-state index contributed by atoms with van der Waals surface area (Å²) < 4.78 is 5.55. The Morgan fingerprint density at radius 3 is 2.55 bits per heavy atom. The number of ether oxygens (including phenoxy) is 1. The molecule has 1 amide bonds. The van der Waals surface area contributed by atoms with Crippen LogP contribution in [0.2, 0.25) is 0 Å². The number of primary amides is 1. The zero-order chi connectivity index (χ0) is 16.0. The largest absolute Gasteiger partial charge is 0.491 e. The topological polar surface area (TPSA) is 84.6 Å². The highest BCUT2D eigenvalue weighted by Gasteiger charge is 2.37. The smallest absolute Gasteiger partial charge is 0.237 e. The molecule has 1 aromatic rings. The molecular formula is C17H26N2O3. The fourth-order valence-corrected chi connectivity index (χ4v) is 2.86. The monoisotopic (exact) mass is 306 g/mol. The number of rotatable bonds is 7. The molecule has 2 rings (SSSR count). The summed E-state index contributed by atoms with van der Waals surface area (Å²) in [7, 11) is 0. The average molecular weight is 306 g/mol. The Balaban J connectivity index is 1.79. The third kappa shape index (κ3) is 4.45. The summed E-state index contributed by atoms with van der Waals surface area (Å²) in [6.07, 6.45) is 3.93. The van der Waals surface area contributed by atoms with E-state index in [-0.39, 0.29) is 12.5 Å². The van der Waals surface area contributed by atoms with Crippen LogP contribution in [0.5, 0.6) is 5.75 Å². The lowest BCUT2D eigenvalue weighted by molar-refractivity contribution is -0.126. The summed E-state index contributed by atoms with van der Waals surface area (Å²) >= 11 is 0. The standard InChI is InChI=1S/C17H26N2O3/c1-13-5-7-15(8-6-13)22-12-14(20)11-19-17(16(18)21)9-3-2-4-10-17/h5-8,14,19-20H,2-4,9-12H2,1H3,(H2,18,21). The van der Waals surface area contributed by atoms with Gasteiger partial charge in [-0.3, -0.25) is 4.79 Å². The molecule has 4 N–H and O–H groups in total. The number of β-amino-alcohol motifs (C(OH)–C–C–N with tert-alkyl or cyclic N) is 1. The number of aliphatic hydroxyl groups is 1. The summed E-state index contributed by atoms with van der Waals surface area (Å²) in [5, 5.41) is 13.2. The third-order valence-electron chi connectivity index (χ3n) is 4.32. The van der Waals surface area contributed by atoms with E-state index in [2.05, 4.69) is 5.32 Å². The average Bonchev–Trinajstić information content (AvgIpc) is 2.53.